The van der Waals surface area contributed by atoms with Gasteiger partial charge in [-0.2, -0.15) is 0 Å². The lowest BCUT2D eigenvalue weighted by Crippen LogP contribution is -2.62. The predicted octanol–water partition coefficient (Wildman–Crippen LogP) is 3.23. The van der Waals surface area contributed by atoms with Crippen LogP contribution in [0.15, 0.2) is 30.3 Å². The minimum Gasteiger partial charge on any atom is -0.348 e. The van der Waals surface area contributed by atoms with Crippen molar-refractivity contribution in [3.63, 3.8) is 0 Å². The van der Waals surface area contributed by atoms with Crippen LogP contribution in [0, 0.1) is 11.3 Å². The Labute approximate surface area is 232 Å². The molecule has 1 fully saturated rings. The number of carbonyl (C=O) groups excluding carboxylic acids is 4. The third-order valence-corrected chi connectivity index (χ3v) is 7.54. The summed E-state index contributed by atoms with van der Waals surface area (Å²) in [7, 11) is 0. The van der Waals surface area contributed by atoms with Gasteiger partial charge in [0, 0.05) is 13.0 Å². The Bertz CT molecular complexity index is 1080. The van der Waals surface area contributed by atoms with Crippen LogP contribution in [0.25, 0.3) is 6.08 Å². The van der Waals surface area contributed by atoms with Crippen LogP contribution in [0.5, 0.6) is 0 Å². The molecule has 2 aliphatic heterocycles. The molecule has 1 saturated heterocycles. The highest BCUT2D eigenvalue weighted by Crippen LogP contribution is 2.28. The number of benzene rings is 1. The maximum absolute atomic E-state index is 13.2. The Morgan fingerprint density at radius 3 is 2.41 bits per heavy atom. The van der Waals surface area contributed by atoms with Crippen LogP contribution < -0.4 is 21.4 Å². The zero-order valence-corrected chi connectivity index (χ0v) is 24.2. The first kappa shape index (κ1) is 30.3. The topological polar surface area (TPSA) is 120 Å². The molecule has 4 bridgehead atoms. The van der Waals surface area contributed by atoms with E-state index in [0.717, 1.165) is 17.5 Å². The molecule has 0 unspecified atom stereocenters. The van der Waals surface area contributed by atoms with Gasteiger partial charge in [-0.1, -0.05) is 58.0 Å². The summed E-state index contributed by atoms with van der Waals surface area (Å²) in [6, 6.07) is 5.71. The molecular weight excluding hydrogens is 494 g/mol. The van der Waals surface area contributed by atoms with Crippen molar-refractivity contribution in [3.05, 3.63) is 41.5 Å². The smallest absolute Gasteiger partial charge is 0.258 e. The number of amides is 4. The fraction of sp³-hybridized carbons (Fsp3) is 0.600. The van der Waals surface area contributed by atoms with Gasteiger partial charge in [-0.25, -0.2) is 5.43 Å². The fourth-order valence-corrected chi connectivity index (χ4v) is 4.91. The van der Waals surface area contributed by atoms with E-state index in [-0.39, 0.29) is 35.1 Å². The van der Waals surface area contributed by atoms with Gasteiger partial charge in [-0.05, 0) is 68.1 Å². The van der Waals surface area contributed by atoms with Gasteiger partial charge in [-0.15, -0.1) is 0 Å². The zero-order chi connectivity index (χ0) is 28.7. The van der Waals surface area contributed by atoms with Gasteiger partial charge < -0.3 is 16.0 Å². The number of allylic oxidation sites excluding steroid dienone is 1. The van der Waals surface area contributed by atoms with E-state index in [9.17, 15) is 19.2 Å². The molecule has 0 spiro atoms. The normalized spacial score (nSPS) is 28.4. The average Bonchev–Trinajstić information content (AvgIpc) is 2.89. The van der Waals surface area contributed by atoms with Crippen LogP contribution in [-0.2, 0) is 19.2 Å². The molecule has 2 heterocycles. The Morgan fingerprint density at radius 1 is 0.974 bits per heavy atom. The van der Waals surface area contributed by atoms with E-state index in [1.165, 1.54) is 5.01 Å². The molecular formula is C30H45N5O4. The van der Waals surface area contributed by atoms with Crippen molar-refractivity contribution in [3.8, 4) is 0 Å². The highest BCUT2D eigenvalue weighted by Gasteiger charge is 2.33. The van der Waals surface area contributed by atoms with Crippen molar-refractivity contribution < 1.29 is 19.2 Å². The molecule has 1 aromatic rings. The molecule has 0 aromatic heterocycles. The van der Waals surface area contributed by atoms with Crippen LogP contribution in [0.3, 0.4) is 0 Å². The van der Waals surface area contributed by atoms with E-state index < -0.39 is 24.0 Å². The van der Waals surface area contributed by atoms with Crippen LogP contribution >= 0.6 is 0 Å². The molecule has 4 atom stereocenters. The second kappa shape index (κ2) is 13.2. The second-order valence-corrected chi connectivity index (χ2v) is 12.0. The first-order valence-electron chi connectivity index (χ1n) is 14.1. The van der Waals surface area contributed by atoms with Crippen LogP contribution in [0.2, 0.25) is 0 Å². The summed E-state index contributed by atoms with van der Waals surface area (Å²) in [6.45, 7) is 12.0. The molecule has 1 aromatic carbocycles. The van der Waals surface area contributed by atoms with Crippen molar-refractivity contribution in [2.45, 2.75) is 97.8 Å². The Hall–Kier alpha value is -3.20. The lowest BCUT2D eigenvalue weighted by Gasteiger charge is -2.35. The van der Waals surface area contributed by atoms with Gasteiger partial charge in [-0.3, -0.25) is 24.2 Å². The Kier molecular flexibility index (Phi) is 10.3. The SMILES string of the molecule is CC(C)[C@@H]1NC(=O)CCC(C)(C)C/C=C/c2cccc(c2)[C@@H](C)NC(=O)[C@@H]2CCCN(N2)C(=O)[C@H](C)NC1=O. The van der Waals surface area contributed by atoms with Crippen LogP contribution in [-0.4, -0.2) is 53.3 Å². The lowest BCUT2D eigenvalue weighted by atomic mass is 9.84. The van der Waals surface area contributed by atoms with E-state index in [4.69, 9.17) is 0 Å². The van der Waals surface area contributed by atoms with Gasteiger partial charge in [0.15, 0.2) is 0 Å². The van der Waals surface area contributed by atoms with Gasteiger partial charge >= 0.3 is 0 Å². The summed E-state index contributed by atoms with van der Waals surface area (Å²) in [6.07, 6.45) is 7.20. The number of nitrogens with zero attached hydrogens (tertiary/aromatic N) is 1. The molecule has 0 radical (unpaired) electrons. The van der Waals surface area contributed by atoms with Crippen LogP contribution in [0.4, 0.5) is 0 Å². The summed E-state index contributed by atoms with van der Waals surface area (Å²) in [5, 5.41) is 10.1. The van der Waals surface area contributed by atoms with Crippen molar-refractivity contribution in [1.82, 2.24) is 26.4 Å². The van der Waals surface area contributed by atoms with Gasteiger partial charge in [0.25, 0.3) is 5.91 Å². The lowest BCUT2D eigenvalue weighted by molar-refractivity contribution is -0.143. The van der Waals surface area contributed by atoms with Crippen molar-refractivity contribution in [2.24, 2.45) is 11.3 Å². The minimum atomic E-state index is -0.824. The molecule has 39 heavy (non-hydrogen) atoms. The number of carbonyl (C=O) groups is 4. The minimum absolute atomic E-state index is 0.112. The first-order valence-corrected chi connectivity index (χ1v) is 14.1. The van der Waals surface area contributed by atoms with Gasteiger partial charge in [0.1, 0.15) is 18.1 Å². The van der Waals surface area contributed by atoms with E-state index in [2.05, 4.69) is 53.4 Å². The average molecular weight is 540 g/mol. The summed E-state index contributed by atoms with van der Waals surface area (Å²) < 4.78 is 0. The summed E-state index contributed by atoms with van der Waals surface area (Å²) in [5.74, 6) is -1.24. The maximum atomic E-state index is 13.2. The fourth-order valence-electron chi connectivity index (χ4n) is 4.91. The number of rotatable bonds is 1. The molecule has 0 saturated carbocycles. The first-order chi connectivity index (χ1) is 18.4. The molecule has 0 aliphatic carbocycles. The molecule has 4 amide bonds. The third kappa shape index (κ3) is 8.65. The standard InChI is InChI=1S/C30H45N5O4/c1-19(2)26-28(38)32-21(4)29(39)35-17-9-13-24(34-35)27(37)31-20(3)23-12-7-10-22(18-23)11-8-15-30(5,6)16-14-25(36)33-26/h7-8,10-12,18-21,24,26,34H,9,13-17H2,1-6H3,(H,31,37)(H,32,38)(H,33,36)/b11-8+/t20-,21+,24+,26+/m1/s1. The summed E-state index contributed by atoms with van der Waals surface area (Å²) in [5.41, 5.74) is 4.97. The largest absolute Gasteiger partial charge is 0.348 e. The number of nitrogens with one attached hydrogen (secondary N) is 4. The molecule has 9 nitrogen and oxygen atoms in total. The third-order valence-electron chi connectivity index (χ3n) is 7.54. The van der Waals surface area contributed by atoms with E-state index in [1.54, 1.807) is 6.92 Å². The van der Waals surface area contributed by atoms with Crippen molar-refractivity contribution in [2.75, 3.05) is 6.54 Å². The summed E-state index contributed by atoms with van der Waals surface area (Å²) >= 11 is 0. The Morgan fingerprint density at radius 2 is 1.69 bits per heavy atom. The Balaban J connectivity index is 1.85. The quantitative estimate of drug-likeness (QED) is 0.437. The number of hydrogen-bond donors (Lipinski definition) is 4. The van der Waals surface area contributed by atoms with E-state index >= 15 is 0 Å². The van der Waals surface area contributed by atoms with Crippen molar-refractivity contribution in [1.29, 1.82) is 0 Å². The van der Waals surface area contributed by atoms with Gasteiger partial charge in [0.2, 0.25) is 17.7 Å². The molecule has 9 heteroatoms. The van der Waals surface area contributed by atoms with Crippen molar-refractivity contribution >= 4 is 29.7 Å². The molecule has 214 valence electrons. The van der Waals surface area contributed by atoms with E-state index in [0.29, 0.717) is 32.2 Å². The second-order valence-electron chi connectivity index (χ2n) is 12.0. The van der Waals surface area contributed by atoms with Crippen LogP contribution in [0.1, 0.15) is 90.8 Å². The number of hydrazine groups is 1. The predicted molar refractivity (Wildman–Crippen MR) is 152 cm³/mol. The molecule has 3 rings (SSSR count). The van der Waals surface area contributed by atoms with Gasteiger partial charge in [0.05, 0.1) is 6.04 Å². The highest BCUT2D eigenvalue weighted by atomic mass is 16.2. The number of fused-ring (bicyclic) bond motifs is 4. The maximum Gasteiger partial charge on any atom is 0.258 e. The highest BCUT2D eigenvalue weighted by molar-refractivity contribution is 5.92. The zero-order valence-electron chi connectivity index (χ0n) is 24.2. The molecule has 2 aliphatic rings. The summed E-state index contributed by atoms with van der Waals surface area (Å²) in [4.78, 5) is 52.2. The van der Waals surface area contributed by atoms with E-state index in [1.807, 2.05) is 39.0 Å². The number of hydrogen-bond acceptors (Lipinski definition) is 5. The molecule has 4 N–H and O–H groups in total. The monoisotopic (exact) mass is 539 g/mol.